The lowest BCUT2D eigenvalue weighted by molar-refractivity contribution is -0.183. The monoisotopic (exact) mass is 623 g/mol. The second-order valence-corrected chi connectivity index (χ2v) is 13.9. The summed E-state index contributed by atoms with van der Waals surface area (Å²) in [6.45, 7) is 10.5. The van der Waals surface area contributed by atoms with E-state index in [1.807, 2.05) is 50.2 Å². The molecule has 3 saturated carbocycles. The summed E-state index contributed by atoms with van der Waals surface area (Å²) in [4.78, 5) is 34.1. The SMILES string of the molecule is CCOc1c(CN2O[C@@H](CO)[C@@H]([C@H](C)O)[C@H]2C(=O)N[C@H]2C[C@@H]3C[C@H]([C@@H]2C)C3(C)C)cccc1-c1cc(C(=O)O)cc(N(C)C)c1. The van der Waals surface area contributed by atoms with E-state index >= 15 is 0 Å². The summed E-state index contributed by atoms with van der Waals surface area (Å²) in [5, 5.41) is 35.8. The van der Waals surface area contributed by atoms with Gasteiger partial charge in [0.25, 0.3) is 0 Å². The number of carboxylic acid groups (broad SMARTS) is 1. The Hall–Kier alpha value is -3.18. The van der Waals surface area contributed by atoms with Gasteiger partial charge in [-0.1, -0.05) is 39.0 Å². The molecule has 4 N–H and O–H groups in total. The van der Waals surface area contributed by atoms with Gasteiger partial charge < -0.3 is 30.3 Å². The highest BCUT2D eigenvalue weighted by Gasteiger charge is 2.57. The number of carbonyl (C=O) groups is 2. The molecule has 10 nitrogen and oxygen atoms in total. The Bertz CT molecular complexity index is 1410. The van der Waals surface area contributed by atoms with E-state index < -0.39 is 30.1 Å². The van der Waals surface area contributed by atoms with Crippen LogP contribution in [0.2, 0.25) is 0 Å². The molecule has 4 aliphatic rings. The fourth-order valence-corrected chi connectivity index (χ4v) is 8.05. The number of carbonyl (C=O) groups excluding carboxylic acids is 1. The molecule has 1 saturated heterocycles. The molecule has 2 aromatic rings. The first-order valence-electron chi connectivity index (χ1n) is 16.1. The van der Waals surface area contributed by atoms with E-state index in [-0.39, 0.29) is 36.1 Å². The number of aliphatic hydroxyl groups excluding tert-OH is 2. The van der Waals surface area contributed by atoms with Gasteiger partial charge in [-0.05, 0) is 73.6 Å². The standard InChI is InChI=1S/C35H49N3O7/c1-8-44-32-21(10-9-11-26(32)22-12-23(34(42)43)14-25(13-22)37(6)7)17-38-31(30(20(3)40)29(18-39)45-38)33(41)36-28-16-24-15-27(19(28)2)35(24,4)5/h9-14,19-20,24,27-31,39-40H,8,15-18H2,1-7H3,(H,36,41)(H,42,43)/t19-,20-,24-,27+,28-,29-,30+,31-/m0/s1. The molecule has 4 fully saturated rings. The predicted molar refractivity (Wildman–Crippen MR) is 172 cm³/mol. The van der Waals surface area contributed by atoms with Crippen LogP contribution in [0.5, 0.6) is 5.75 Å². The number of hydrogen-bond donors (Lipinski definition) is 4. The van der Waals surface area contributed by atoms with Gasteiger partial charge in [-0.25, -0.2) is 4.79 Å². The van der Waals surface area contributed by atoms with Crippen molar-refractivity contribution in [2.45, 2.75) is 78.3 Å². The van der Waals surface area contributed by atoms with Crippen LogP contribution in [0, 0.1) is 29.1 Å². The number of aliphatic hydroxyl groups is 2. The van der Waals surface area contributed by atoms with Crippen molar-refractivity contribution in [3.63, 3.8) is 0 Å². The number of para-hydroxylation sites is 1. The van der Waals surface area contributed by atoms with Crippen LogP contribution in [0.1, 0.15) is 63.4 Å². The van der Waals surface area contributed by atoms with Crippen LogP contribution >= 0.6 is 0 Å². The Balaban J connectivity index is 1.48. The molecule has 1 amide bonds. The minimum Gasteiger partial charge on any atom is -0.493 e. The number of carboxylic acids is 1. The quantitative estimate of drug-likeness (QED) is 0.291. The highest BCUT2D eigenvalue weighted by Crippen LogP contribution is 2.61. The molecule has 3 aliphatic carbocycles. The molecule has 2 bridgehead atoms. The van der Waals surface area contributed by atoms with Crippen LogP contribution < -0.4 is 15.0 Å². The van der Waals surface area contributed by atoms with Crippen molar-refractivity contribution in [1.82, 2.24) is 10.4 Å². The Morgan fingerprint density at radius 2 is 1.93 bits per heavy atom. The van der Waals surface area contributed by atoms with E-state index in [0.717, 1.165) is 17.7 Å². The zero-order valence-corrected chi connectivity index (χ0v) is 27.5. The third-order valence-electron chi connectivity index (χ3n) is 10.8. The van der Waals surface area contributed by atoms with Crippen molar-refractivity contribution in [2.24, 2.45) is 29.1 Å². The maximum Gasteiger partial charge on any atom is 0.335 e. The number of nitrogens with one attached hydrogen (secondary N) is 1. The van der Waals surface area contributed by atoms with E-state index in [9.17, 15) is 24.9 Å². The first-order chi connectivity index (χ1) is 21.3. The van der Waals surface area contributed by atoms with E-state index in [1.165, 1.54) is 6.42 Å². The average Bonchev–Trinajstić information content (AvgIpc) is 3.37. The maximum atomic E-state index is 14.1. The van der Waals surface area contributed by atoms with Crippen molar-refractivity contribution in [3.05, 3.63) is 47.5 Å². The first-order valence-corrected chi connectivity index (χ1v) is 16.1. The largest absolute Gasteiger partial charge is 0.493 e. The van der Waals surface area contributed by atoms with Crippen molar-refractivity contribution >= 4 is 17.6 Å². The van der Waals surface area contributed by atoms with E-state index in [0.29, 0.717) is 41.2 Å². The molecule has 8 atom stereocenters. The van der Waals surface area contributed by atoms with Crippen LogP contribution in [0.15, 0.2) is 36.4 Å². The number of ether oxygens (including phenoxy) is 1. The lowest BCUT2D eigenvalue weighted by Gasteiger charge is -2.62. The summed E-state index contributed by atoms with van der Waals surface area (Å²) >= 11 is 0. The Labute approximate surface area is 266 Å². The highest BCUT2D eigenvalue weighted by atomic mass is 16.7. The number of rotatable bonds is 11. The second kappa shape index (κ2) is 12.9. The van der Waals surface area contributed by atoms with Crippen LogP contribution in [-0.2, 0) is 16.2 Å². The lowest BCUT2D eigenvalue weighted by atomic mass is 9.45. The third kappa shape index (κ3) is 6.17. The predicted octanol–water partition coefficient (Wildman–Crippen LogP) is 4.18. The van der Waals surface area contributed by atoms with Gasteiger partial charge >= 0.3 is 5.97 Å². The second-order valence-electron chi connectivity index (χ2n) is 13.9. The van der Waals surface area contributed by atoms with Gasteiger partial charge in [-0.15, -0.1) is 0 Å². The van der Waals surface area contributed by atoms with E-state index in [2.05, 4.69) is 26.1 Å². The van der Waals surface area contributed by atoms with Crippen LogP contribution in [0.4, 0.5) is 5.69 Å². The number of fused-ring (bicyclic) bond motifs is 2. The number of hydroxylamine groups is 2. The molecule has 1 heterocycles. The molecule has 6 rings (SSSR count). The van der Waals surface area contributed by atoms with Gasteiger partial charge in [0.15, 0.2) is 0 Å². The normalized spacial score (nSPS) is 29.5. The molecule has 0 spiro atoms. The van der Waals surface area contributed by atoms with Gasteiger partial charge in [0.2, 0.25) is 5.91 Å². The third-order valence-corrected chi connectivity index (χ3v) is 10.8. The number of amides is 1. The minimum atomic E-state index is -1.03. The molecular formula is C35H49N3O7. The molecular weight excluding hydrogens is 574 g/mol. The molecule has 0 unspecified atom stereocenters. The fourth-order valence-electron chi connectivity index (χ4n) is 8.05. The molecule has 10 heteroatoms. The Morgan fingerprint density at radius 3 is 2.51 bits per heavy atom. The van der Waals surface area contributed by atoms with Gasteiger partial charge in [-0.2, -0.15) is 5.06 Å². The Morgan fingerprint density at radius 1 is 1.20 bits per heavy atom. The van der Waals surface area contributed by atoms with Gasteiger partial charge in [0, 0.05) is 42.9 Å². The topological polar surface area (TPSA) is 132 Å². The molecule has 45 heavy (non-hydrogen) atoms. The minimum absolute atomic E-state index is 0.0358. The van der Waals surface area contributed by atoms with Crippen LogP contribution in [0.25, 0.3) is 11.1 Å². The number of hydrogen-bond acceptors (Lipinski definition) is 8. The molecule has 246 valence electrons. The fraction of sp³-hybridized carbons (Fsp3) is 0.600. The zero-order chi connectivity index (χ0) is 32.8. The summed E-state index contributed by atoms with van der Waals surface area (Å²) in [5.74, 6) is 0.125. The zero-order valence-electron chi connectivity index (χ0n) is 27.5. The van der Waals surface area contributed by atoms with Gasteiger partial charge in [0.1, 0.15) is 17.9 Å². The average molecular weight is 624 g/mol. The van der Waals surface area contributed by atoms with Gasteiger partial charge in [0.05, 0.1) is 31.4 Å². The summed E-state index contributed by atoms with van der Waals surface area (Å²) in [5.41, 5.74) is 3.31. The number of benzene rings is 2. The Kier molecular flexibility index (Phi) is 9.52. The number of aromatic carboxylic acids is 1. The van der Waals surface area contributed by atoms with E-state index in [1.54, 1.807) is 24.1 Å². The molecule has 0 radical (unpaired) electrons. The summed E-state index contributed by atoms with van der Waals surface area (Å²) in [6.07, 6.45) is 0.461. The lowest BCUT2D eigenvalue weighted by Crippen LogP contribution is -2.62. The summed E-state index contributed by atoms with van der Waals surface area (Å²) < 4.78 is 6.19. The molecule has 1 aliphatic heterocycles. The highest BCUT2D eigenvalue weighted by molar-refractivity contribution is 5.92. The van der Waals surface area contributed by atoms with Crippen molar-refractivity contribution in [1.29, 1.82) is 0 Å². The molecule has 0 aromatic heterocycles. The smallest absolute Gasteiger partial charge is 0.335 e. The van der Waals surface area contributed by atoms with Gasteiger partial charge in [-0.3, -0.25) is 9.63 Å². The van der Waals surface area contributed by atoms with Crippen LogP contribution in [0.3, 0.4) is 0 Å². The number of anilines is 1. The van der Waals surface area contributed by atoms with Crippen LogP contribution in [-0.4, -0.2) is 83.9 Å². The maximum absolute atomic E-state index is 14.1. The number of nitrogens with zero attached hydrogens (tertiary/aromatic N) is 2. The first kappa shape index (κ1) is 33.2. The van der Waals surface area contributed by atoms with Crippen molar-refractivity contribution in [2.75, 3.05) is 32.2 Å². The summed E-state index contributed by atoms with van der Waals surface area (Å²) in [6, 6.07) is 10.0. The van der Waals surface area contributed by atoms with Crippen molar-refractivity contribution in [3.8, 4) is 16.9 Å². The van der Waals surface area contributed by atoms with Crippen molar-refractivity contribution < 1.29 is 34.5 Å². The van der Waals surface area contributed by atoms with E-state index in [4.69, 9.17) is 9.57 Å². The summed E-state index contributed by atoms with van der Waals surface area (Å²) in [7, 11) is 3.71. The molecule has 2 aromatic carbocycles.